The fourth-order valence-electron chi connectivity index (χ4n) is 2.59. The monoisotopic (exact) mass is 251 g/mol. The van der Waals surface area contributed by atoms with E-state index in [1.165, 1.54) is 37.8 Å². The van der Waals surface area contributed by atoms with Crippen molar-refractivity contribution in [3.8, 4) is 0 Å². The third-order valence-electron chi connectivity index (χ3n) is 3.59. The van der Waals surface area contributed by atoms with Gasteiger partial charge in [-0.2, -0.15) is 0 Å². The molecule has 1 atom stereocenters. The van der Waals surface area contributed by atoms with E-state index in [0.29, 0.717) is 6.54 Å². The first kappa shape index (κ1) is 13.5. The smallest absolute Gasteiger partial charge is 0.123 e. The van der Waals surface area contributed by atoms with Crippen molar-refractivity contribution in [3.05, 3.63) is 35.6 Å². The predicted octanol–water partition coefficient (Wildman–Crippen LogP) is 3.56. The summed E-state index contributed by atoms with van der Waals surface area (Å²) in [7, 11) is 0. The van der Waals surface area contributed by atoms with Crippen LogP contribution in [0.4, 0.5) is 4.39 Å². The first-order chi connectivity index (χ1) is 8.79. The van der Waals surface area contributed by atoms with E-state index in [4.69, 9.17) is 10.5 Å². The van der Waals surface area contributed by atoms with Crippen LogP contribution in [0, 0.1) is 5.82 Å². The van der Waals surface area contributed by atoms with Gasteiger partial charge in [-0.25, -0.2) is 4.39 Å². The van der Waals surface area contributed by atoms with Crippen molar-refractivity contribution >= 4 is 0 Å². The Morgan fingerprint density at radius 1 is 1.22 bits per heavy atom. The minimum atomic E-state index is -0.226. The fraction of sp³-hybridized carbons (Fsp3) is 0.600. The zero-order chi connectivity index (χ0) is 12.8. The number of hydrogen-bond acceptors (Lipinski definition) is 2. The van der Waals surface area contributed by atoms with E-state index < -0.39 is 0 Å². The second kappa shape index (κ2) is 6.86. The minimum absolute atomic E-state index is 0.177. The number of nitrogens with two attached hydrogens (primary N) is 1. The molecule has 1 aromatic carbocycles. The summed E-state index contributed by atoms with van der Waals surface area (Å²) in [5.41, 5.74) is 6.61. The quantitative estimate of drug-likeness (QED) is 0.830. The van der Waals surface area contributed by atoms with Crippen LogP contribution < -0.4 is 5.73 Å². The molecule has 0 radical (unpaired) electrons. The molecule has 1 aliphatic rings. The van der Waals surface area contributed by atoms with Gasteiger partial charge in [0.25, 0.3) is 0 Å². The topological polar surface area (TPSA) is 35.2 Å². The van der Waals surface area contributed by atoms with Crippen molar-refractivity contribution in [2.45, 2.75) is 50.7 Å². The summed E-state index contributed by atoms with van der Waals surface area (Å²) in [5.74, 6) is -0.226. The maximum atomic E-state index is 13.2. The molecule has 100 valence electrons. The van der Waals surface area contributed by atoms with Crippen LogP contribution in [0.5, 0.6) is 0 Å². The number of benzene rings is 1. The highest BCUT2D eigenvalue weighted by molar-refractivity contribution is 5.19. The maximum absolute atomic E-state index is 13.2. The van der Waals surface area contributed by atoms with Gasteiger partial charge in [0.1, 0.15) is 5.82 Å². The molecule has 1 saturated carbocycles. The number of halogens is 1. The maximum Gasteiger partial charge on any atom is 0.123 e. The first-order valence-electron chi connectivity index (χ1n) is 6.90. The SMILES string of the molecule is NCC(OC1CCCCCC1)c1cccc(F)c1. The molecule has 2 rings (SSSR count). The second-order valence-electron chi connectivity index (χ2n) is 5.03. The summed E-state index contributed by atoms with van der Waals surface area (Å²) in [5, 5.41) is 0. The molecule has 0 aromatic heterocycles. The average Bonchev–Trinajstić information content (AvgIpc) is 2.64. The van der Waals surface area contributed by atoms with Gasteiger partial charge in [-0.05, 0) is 30.5 Å². The lowest BCUT2D eigenvalue weighted by molar-refractivity contribution is -0.0162. The van der Waals surface area contributed by atoms with Crippen molar-refractivity contribution < 1.29 is 9.13 Å². The van der Waals surface area contributed by atoms with Crippen molar-refractivity contribution in [1.82, 2.24) is 0 Å². The van der Waals surface area contributed by atoms with Crippen LogP contribution in [0.15, 0.2) is 24.3 Å². The van der Waals surface area contributed by atoms with Gasteiger partial charge in [-0.1, -0.05) is 37.8 Å². The summed E-state index contributed by atoms with van der Waals surface area (Å²) in [4.78, 5) is 0. The third kappa shape index (κ3) is 3.79. The summed E-state index contributed by atoms with van der Waals surface area (Å²) in [6.07, 6.45) is 7.36. The Kier molecular flexibility index (Phi) is 5.14. The molecule has 3 heteroatoms. The highest BCUT2D eigenvalue weighted by atomic mass is 19.1. The van der Waals surface area contributed by atoms with E-state index in [2.05, 4.69) is 0 Å². The number of hydrogen-bond donors (Lipinski definition) is 1. The van der Waals surface area contributed by atoms with Crippen LogP contribution in [0.1, 0.15) is 50.2 Å². The molecular formula is C15H22FNO. The highest BCUT2D eigenvalue weighted by Gasteiger charge is 2.19. The lowest BCUT2D eigenvalue weighted by Gasteiger charge is -2.23. The zero-order valence-electron chi connectivity index (χ0n) is 10.8. The Bertz CT molecular complexity index is 361. The first-order valence-corrected chi connectivity index (χ1v) is 6.90. The van der Waals surface area contributed by atoms with Crippen LogP contribution in [0.3, 0.4) is 0 Å². The minimum Gasteiger partial charge on any atom is -0.369 e. The average molecular weight is 251 g/mol. The lowest BCUT2D eigenvalue weighted by Crippen LogP contribution is -2.22. The molecule has 0 aliphatic heterocycles. The molecule has 1 unspecified atom stereocenters. The van der Waals surface area contributed by atoms with Crippen molar-refractivity contribution in [2.75, 3.05) is 6.54 Å². The standard InChI is InChI=1S/C15H22FNO/c16-13-7-5-6-12(10-13)15(11-17)18-14-8-3-1-2-4-9-14/h5-7,10,14-15H,1-4,8-9,11,17H2. The van der Waals surface area contributed by atoms with Gasteiger partial charge < -0.3 is 10.5 Å². The van der Waals surface area contributed by atoms with Gasteiger partial charge in [0, 0.05) is 6.54 Å². The molecule has 0 heterocycles. The van der Waals surface area contributed by atoms with Gasteiger partial charge in [-0.15, -0.1) is 0 Å². The summed E-state index contributed by atoms with van der Waals surface area (Å²) in [6, 6.07) is 6.57. The van der Waals surface area contributed by atoms with Crippen molar-refractivity contribution in [2.24, 2.45) is 5.73 Å². The molecule has 0 bridgehead atoms. The molecule has 1 aliphatic carbocycles. The van der Waals surface area contributed by atoms with Crippen LogP contribution in [0.2, 0.25) is 0 Å². The number of rotatable bonds is 4. The van der Waals surface area contributed by atoms with E-state index in [9.17, 15) is 4.39 Å². The van der Waals surface area contributed by atoms with Crippen LogP contribution in [-0.2, 0) is 4.74 Å². The molecule has 0 amide bonds. The summed E-state index contributed by atoms with van der Waals surface area (Å²) in [6.45, 7) is 0.403. The fourth-order valence-corrected chi connectivity index (χ4v) is 2.59. The Hall–Kier alpha value is -0.930. The molecule has 2 N–H and O–H groups in total. The lowest BCUT2D eigenvalue weighted by atomic mass is 10.1. The second-order valence-corrected chi connectivity index (χ2v) is 5.03. The Labute approximate surface area is 108 Å². The van der Waals surface area contributed by atoms with Gasteiger partial charge >= 0.3 is 0 Å². The van der Waals surface area contributed by atoms with Gasteiger partial charge in [-0.3, -0.25) is 0 Å². The molecule has 18 heavy (non-hydrogen) atoms. The van der Waals surface area contributed by atoms with E-state index in [1.807, 2.05) is 6.07 Å². The molecule has 0 saturated heterocycles. The molecule has 0 spiro atoms. The third-order valence-corrected chi connectivity index (χ3v) is 3.59. The van der Waals surface area contributed by atoms with Crippen LogP contribution in [-0.4, -0.2) is 12.6 Å². The molecular weight excluding hydrogens is 229 g/mol. The summed E-state index contributed by atoms with van der Waals surface area (Å²) >= 11 is 0. The van der Waals surface area contributed by atoms with E-state index in [0.717, 1.165) is 18.4 Å². The number of ether oxygens (including phenoxy) is 1. The molecule has 1 aromatic rings. The van der Waals surface area contributed by atoms with Gasteiger partial charge in [0.15, 0.2) is 0 Å². The normalized spacial score (nSPS) is 19.4. The van der Waals surface area contributed by atoms with Gasteiger partial charge in [0.2, 0.25) is 0 Å². The Balaban J connectivity index is 1.99. The van der Waals surface area contributed by atoms with Crippen molar-refractivity contribution in [1.29, 1.82) is 0 Å². The summed E-state index contributed by atoms with van der Waals surface area (Å²) < 4.78 is 19.3. The largest absolute Gasteiger partial charge is 0.369 e. The molecule has 1 fully saturated rings. The zero-order valence-corrected chi connectivity index (χ0v) is 10.8. The Morgan fingerprint density at radius 2 is 1.94 bits per heavy atom. The van der Waals surface area contributed by atoms with Gasteiger partial charge in [0.05, 0.1) is 12.2 Å². The van der Waals surface area contributed by atoms with Crippen LogP contribution >= 0.6 is 0 Å². The van der Waals surface area contributed by atoms with E-state index in [1.54, 1.807) is 6.07 Å². The van der Waals surface area contributed by atoms with E-state index >= 15 is 0 Å². The Morgan fingerprint density at radius 3 is 2.56 bits per heavy atom. The molecule has 2 nitrogen and oxygen atoms in total. The van der Waals surface area contributed by atoms with E-state index in [-0.39, 0.29) is 18.0 Å². The highest BCUT2D eigenvalue weighted by Crippen LogP contribution is 2.26. The van der Waals surface area contributed by atoms with Crippen molar-refractivity contribution in [3.63, 3.8) is 0 Å². The predicted molar refractivity (Wildman–Crippen MR) is 70.8 cm³/mol. The van der Waals surface area contributed by atoms with Crippen LogP contribution in [0.25, 0.3) is 0 Å².